The Bertz CT molecular complexity index is 693. The van der Waals surface area contributed by atoms with Crippen LogP contribution in [0.25, 0.3) is 11.0 Å². The van der Waals surface area contributed by atoms with Crippen LogP contribution < -0.4 is 5.32 Å². The van der Waals surface area contributed by atoms with Gasteiger partial charge in [-0.1, -0.05) is 0 Å². The van der Waals surface area contributed by atoms with E-state index in [9.17, 15) is 4.79 Å². The summed E-state index contributed by atoms with van der Waals surface area (Å²) in [6, 6.07) is 6.97. The molecule has 0 spiro atoms. The molecule has 1 amide bonds. The van der Waals surface area contributed by atoms with E-state index in [2.05, 4.69) is 21.4 Å². The van der Waals surface area contributed by atoms with Gasteiger partial charge in [0.15, 0.2) is 0 Å². The number of aromatic nitrogens is 2. The molecule has 6 nitrogen and oxygen atoms in total. The van der Waals surface area contributed by atoms with Gasteiger partial charge in [0.1, 0.15) is 6.04 Å². The van der Waals surface area contributed by atoms with Crippen molar-refractivity contribution in [3.8, 4) is 6.07 Å². The number of amides is 1. The van der Waals surface area contributed by atoms with Crippen molar-refractivity contribution in [2.24, 2.45) is 0 Å². The Morgan fingerprint density at radius 1 is 1.35 bits per heavy atom. The number of nitrogens with zero attached hydrogens (tertiary/aromatic N) is 4. The van der Waals surface area contributed by atoms with Crippen molar-refractivity contribution in [1.82, 2.24) is 20.2 Å². The molecule has 2 heterocycles. The molecular formula is C14H13N5O. The highest BCUT2D eigenvalue weighted by Gasteiger charge is 2.27. The van der Waals surface area contributed by atoms with Gasteiger partial charge >= 0.3 is 0 Å². The molecule has 1 saturated heterocycles. The second-order valence-corrected chi connectivity index (χ2v) is 4.61. The van der Waals surface area contributed by atoms with Gasteiger partial charge in [-0.2, -0.15) is 5.26 Å². The molecule has 1 aromatic carbocycles. The van der Waals surface area contributed by atoms with Crippen LogP contribution >= 0.6 is 0 Å². The van der Waals surface area contributed by atoms with Gasteiger partial charge in [0, 0.05) is 37.6 Å². The largest absolute Gasteiger partial charge is 0.320 e. The zero-order chi connectivity index (χ0) is 13.9. The molecule has 1 aliphatic heterocycles. The molecule has 0 aliphatic carbocycles. The van der Waals surface area contributed by atoms with E-state index in [-0.39, 0.29) is 5.91 Å². The van der Waals surface area contributed by atoms with Crippen molar-refractivity contribution in [1.29, 1.82) is 5.26 Å². The summed E-state index contributed by atoms with van der Waals surface area (Å²) >= 11 is 0. The van der Waals surface area contributed by atoms with Crippen molar-refractivity contribution in [2.45, 2.75) is 6.04 Å². The lowest BCUT2D eigenvalue weighted by molar-refractivity contribution is 0.0687. The van der Waals surface area contributed by atoms with E-state index in [1.165, 1.54) is 0 Å². The highest BCUT2D eigenvalue weighted by atomic mass is 16.2. The van der Waals surface area contributed by atoms with Crippen LogP contribution in [-0.2, 0) is 0 Å². The van der Waals surface area contributed by atoms with Crippen LogP contribution in [0, 0.1) is 11.3 Å². The van der Waals surface area contributed by atoms with Crippen molar-refractivity contribution >= 4 is 16.9 Å². The molecule has 0 radical (unpaired) electrons. The Morgan fingerprint density at radius 2 is 2.15 bits per heavy atom. The molecule has 1 N–H and O–H groups in total. The molecular weight excluding hydrogens is 254 g/mol. The minimum absolute atomic E-state index is 0.134. The predicted molar refractivity (Wildman–Crippen MR) is 72.8 cm³/mol. The standard InChI is InChI=1S/C14H13N5O/c15-8-11-9-16-5-6-19(11)14(20)10-1-2-12-13(7-10)18-4-3-17-12/h1-4,7,11,16H,5-6,9H2. The van der Waals surface area contributed by atoms with E-state index in [1.54, 1.807) is 35.5 Å². The first-order valence-corrected chi connectivity index (χ1v) is 6.41. The normalized spacial score (nSPS) is 18.8. The molecule has 1 unspecified atom stereocenters. The first kappa shape index (κ1) is 12.5. The molecule has 1 aliphatic rings. The number of rotatable bonds is 1. The average molecular weight is 267 g/mol. The van der Waals surface area contributed by atoms with E-state index < -0.39 is 6.04 Å². The number of hydrogen-bond donors (Lipinski definition) is 1. The van der Waals surface area contributed by atoms with E-state index in [0.717, 1.165) is 5.52 Å². The summed E-state index contributed by atoms with van der Waals surface area (Å²) in [5, 5.41) is 12.2. The molecule has 100 valence electrons. The summed E-state index contributed by atoms with van der Waals surface area (Å²) in [6.07, 6.45) is 3.21. The zero-order valence-corrected chi connectivity index (χ0v) is 10.8. The predicted octanol–water partition coefficient (Wildman–Crippen LogP) is 0.567. The van der Waals surface area contributed by atoms with Crippen molar-refractivity contribution in [2.75, 3.05) is 19.6 Å². The zero-order valence-electron chi connectivity index (χ0n) is 10.8. The highest BCUT2D eigenvalue weighted by Crippen LogP contribution is 2.15. The second kappa shape index (κ2) is 5.23. The third kappa shape index (κ3) is 2.19. The molecule has 3 rings (SSSR count). The van der Waals surface area contributed by atoms with Gasteiger partial charge < -0.3 is 10.2 Å². The van der Waals surface area contributed by atoms with Gasteiger partial charge in [0.2, 0.25) is 0 Å². The van der Waals surface area contributed by atoms with Crippen LogP contribution in [0.3, 0.4) is 0 Å². The number of carbonyl (C=O) groups excluding carboxylic acids is 1. The molecule has 1 atom stereocenters. The average Bonchev–Trinajstić information content (AvgIpc) is 2.53. The van der Waals surface area contributed by atoms with Gasteiger partial charge in [0.05, 0.1) is 17.1 Å². The van der Waals surface area contributed by atoms with Gasteiger partial charge in [-0.25, -0.2) is 0 Å². The first-order valence-electron chi connectivity index (χ1n) is 6.41. The third-order valence-corrected chi connectivity index (χ3v) is 3.37. The Kier molecular flexibility index (Phi) is 3.27. The van der Waals surface area contributed by atoms with Gasteiger partial charge in [0.25, 0.3) is 5.91 Å². The van der Waals surface area contributed by atoms with Crippen LogP contribution in [-0.4, -0.2) is 46.5 Å². The lowest BCUT2D eigenvalue weighted by atomic mass is 10.1. The minimum atomic E-state index is -0.422. The van der Waals surface area contributed by atoms with Gasteiger partial charge in [-0.15, -0.1) is 0 Å². The number of fused-ring (bicyclic) bond motifs is 1. The minimum Gasteiger partial charge on any atom is -0.320 e. The fourth-order valence-corrected chi connectivity index (χ4v) is 2.32. The maximum Gasteiger partial charge on any atom is 0.255 e. The molecule has 6 heteroatoms. The maximum absolute atomic E-state index is 12.5. The number of carbonyl (C=O) groups is 1. The summed E-state index contributed by atoms with van der Waals surface area (Å²) in [5.41, 5.74) is 1.98. The fourth-order valence-electron chi connectivity index (χ4n) is 2.32. The molecule has 0 saturated carbocycles. The number of hydrogen-bond acceptors (Lipinski definition) is 5. The number of nitriles is 1. The first-order chi connectivity index (χ1) is 9.79. The highest BCUT2D eigenvalue weighted by molar-refractivity contribution is 5.97. The van der Waals surface area contributed by atoms with E-state index in [4.69, 9.17) is 5.26 Å². The summed E-state index contributed by atoms with van der Waals surface area (Å²) in [7, 11) is 0. The molecule has 2 aromatic rings. The maximum atomic E-state index is 12.5. The van der Waals surface area contributed by atoms with Crippen LogP contribution in [0.1, 0.15) is 10.4 Å². The summed E-state index contributed by atoms with van der Waals surface area (Å²) < 4.78 is 0. The van der Waals surface area contributed by atoms with E-state index in [0.29, 0.717) is 30.7 Å². The van der Waals surface area contributed by atoms with Gasteiger partial charge in [-0.3, -0.25) is 14.8 Å². The summed E-state index contributed by atoms with van der Waals surface area (Å²) in [5.74, 6) is -0.134. The summed E-state index contributed by atoms with van der Waals surface area (Å²) in [4.78, 5) is 22.5. The van der Waals surface area contributed by atoms with Crippen molar-refractivity contribution in [3.05, 3.63) is 36.2 Å². The number of nitrogens with one attached hydrogen (secondary N) is 1. The number of piperazine rings is 1. The van der Waals surface area contributed by atoms with Crippen LogP contribution in [0.2, 0.25) is 0 Å². The van der Waals surface area contributed by atoms with Crippen molar-refractivity contribution < 1.29 is 4.79 Å². The smallest absolute Gasteiger partial charge is 0.255 e. The Balaban J connectivity index is 1.93. The quantitative estimate of drug-likeness (QED) is 0.816. The topological polar surface area (TPSA) is 81.9 Å². The SMILES string of the molecule is N#CC1CNCCN1C(=O)c1ccc2nccnc2c1. The van der Waals surface area contributed by atoms with Crippen LogP contribution in [0.4, 0.5) is 0 Å². The number of benzene rings is 1. The van der Waals surface area contributed by atoms with Gasteiger partial charge in [-0.05, 0) is 18.2 Å². The monoisotopic (exact) mass is 267 g/mol. The van der Waals surface area contributed by atoms with Crippen molar-refractivity contribution in [3.63, 3.8) is 0 Å². The Labute approximate surface area is 116 Å². The molecule has 1 aromatic heterocycles. The molecule has 1 fully saturated rings. The third-order valence-electron chi connectivity index (χ3n) is 3.37. The Hall–Kier alpha value is -2.52. The van der Waals surface area contributed by atoms with Crippen LogP contribution in [0.5, 0.6) is 0 Å². The van der Waals surface area contributed by atoms with E-state index >= 15 is 0 Å². The summed E-state index contributed by atoms with van der Waals surface area (Å²) in [6.45, 7) is 1.75. The lowest BCUT2D eigenvalue weighted by Crippen LogP contribution is -2.53. The second-order valence-electron chi connectivity index (χ2n) is 4.61. The molecule has 20 heavy (non-hydrogen) atoms. The fraction of sp³-hybridized carbons (Fsp3) is 0.286. The Morgan fingerprint density at radius 3 is 2.95 bits per heavy atom. The molecule has 0 bridgehead atoms. The van der Waals surface area contributed by atoms with E-state index in [1.807, 2.05) is 0 Å². The van der Waals surface area contributed by atoms with Crippen LogP contribution in [0.15, 0.2) is 30.6 Å². The lowest BCUT2D eigenvalue weighted by Gasteiger charge is -2.32.